The van der Waals surface area contributed by atoms with Crippen LogP contribution in [0.5, 0.6) is 0 Å². The summed E-state index contributed by atoms with van der Waals surface area (Å²) in [4.78, 5) is 0. The lowest BCUT2D eigenvalue weighted by Gasteiger charge is -2.20. The van der Waals surface area contributed by atoms with Gasteiger partial charge >= 0.3 is 6.18 Å². The van der Waals surface area contributed by atoms with E-state index in [-0.39, 0.29) is 10.6 Å². The summed E-state index contributed by atoms with van der Waals surface area (Å²) in [5.41, 5.74) is 0. The van der Waals surface area contributed by atoms with Gasteiger partial charge < -0.3 is 4.52 Å². The Hall–Kier alpha value is -1.65. The highest BCUT2D eigenvalue weighted by Crippen LogP contribution is 2.46. The van der Waals surface area contributed by atoms with Crippen molar-refractivity contribution in [3.8, 4) is 0 Å². The van der Waals surface area contributed by atoms with Gasteiger partial charge in [0, 0.05) is 5.30 Å². The fraction of sp³-hybridized carbons (Fsp3) is 0.143. The van der Waals surface area contributed by atoms with Crippen LogP contribution in [0.3, 0.4) is 0 Å². The highest BCUT2D eigenvalue weighted by Gasteiger charge is 2.37. The molecule has 21 heavy (non-hydrogen) atoms. The molecular formula is C14H11F4O2P. The van der Waals surface area contributed by atoms with E-state index >= 15 is 0 Å². The van der Waals surface area contributed by atoms with Crippen LogP contribution in [-0.2, 0) is 9.09 Å². The minimum absolute atomic E-state index is 0.0133. The molecule has 0 fully saturated rings. The van der Waals surface area contributed by atoms with E-state index < -0.39 is 26.0 Å². The molecule has 0 aliphatic rings. The van der Waals surface area contributed by atoms with E-state index in [2.05, 4.69) is 4.52 Å². The Bertz CT molecular complexity index is 656. The Morgan fingerprint density at radius 1 is 0.952 bits per heavy atom. The van der Waals surface area contributed by atoms with Crippen molar-refractivity contribution in [3.05, 3.63) is 60.4 Å². The van der Waals surface area contributed by atoms with Crippen LogP contribution in [0.4, 0.5) is 17.6 Å². The van der Waals surface area contributed by atoms with E-state index in [1.54, 1.807) is 6.07 Å². The molecule has 0 heterocycles. The smallest absolute Gasteiger partial charge is 0.312 e. The molecule has 0 saturated heterocycles. The van der Waals surface area contributed by atoms with E-state index in [0.29, 0.717) is 0 Å². The third-order valence-corrected chi connectivity index (χ3v) is 5.14. The average molecular weight is 318 g/mol. The second kappa shape index (κ2) is 6.00. The lowest BCUT2D eigenvalue weighted by atomic mass is 10.3. The van der Waals surface area contributed by atoms with Gasteiger partial charge in [-0.1, -0.05) is 30.3 Å². The molecule has 2 aromatic rings. The van der Waals surface area contributed by atoms with Gasteiger partial charge in [-0.25, -0.2) is 4.39 Å². The van der Waals surface area contributed by atoms with Gasteiger partial charge in [0.15, 0.2) is 6.61 Å². The van der Waals surface area contributed by atoms with Crippen molar-refractivity contribution in [2.24, 2.45) is 0 Å². The molecule has 2 aromatic carbocycles. The monoisotopic (exact) mass is 318 g/mol. The Labute approximate surface area is 118 Å². The Kier molecular flexibility index (Phi) is 4.49. The molecule has 2 nitrogen and oxygen atoms in total. The molecule has 0 aromatic heterocycles. The first-order chi connectivity index (χ1) is 9.83. The molecule has 112 valence electrons. The summed E-state index contributed by atoms with van der Waals surface area (Å²) in [5.74, 6) is -0.869. The summed E-state index contributed by atoms with van der Waals surface area (Å²) < 4.78 is 68.6. The summed E-state index contributed by atoms with van der Waals surface area (Å²) in [6.07, 6.45) is -4.66. The van der Waals surface area contributed by atoms with Crippen molar-refractivity contribution in [1.82, 2.24) is 0 Å². The summed E-state index contributed by atoms with van der Waals surface area (Å²) in [5, 5.41) is -0.361. The second-order valence-electron chi connectivity index (χ2n) is 4.23. The van der Waals surface area contributed by atoms with Gasteiger partial charge in [-0.05, 0) is 24.3 Å². The fourth-order valence-electron chi connectivity index (χ4n) is 1.76. The normalized spacial score (nSPS) is 14.7. The minimum Gasteiger partial charge on any atom is -0.312 e. The van der Waals surface area contributed by atoms with E-state index in [1.165, 1.54) is 42.5 Å². The van der Waals surface area contributed by atoms with Gasteiger partial charge in [0.1, 0.15) is 5.82 Å². The van der Waals surface area contributed by atoms with Crippen molar-refractivity contribution in [2.75, 3.05) is 6.61 Å². The van der Waals surface area contributed by atoms with Crippen molar-refractivity contribution < 1.29 is 26.7 Å². The maximum Gasteiger partial charge on any atom is 0.412 e. The molecule has 1 unspecified atom stereocenters. The van der Waals surface area contributed by atoms with Crippen LogP contribution in [0.1, 0.15) is 0 Å². The number of halogens is 4. The van der Waals surface area contributed by atoms with Gasteiger partial charge in [-0.2, -0.15) is 13.2 Å². The van der Waals surface area contributed by atoms with E-state index in [1.807, 2.05) is 0 Å². The summed E-state index contributed by atoms with van der Waals surface area (Å²) in [6.45, 7) is -1.71. The number of alkyl halides is 3. The largest absolute Gasteiger partial charge is 0.412 e. The number of benzene rings is 2. The number of hydrogen-bond acceptors (Lipinski definition) is 2. The van der Waals surface area contributed by atoms with Crippen LogP contribution < -0.4 is 10.6 Å². The van der Waals surface area contributed by atoms with Gasteiger partial charge in [0.2, 0.25) is 0 Å². The third-order valence-electron chi connectivity index (χ3n) is 2.68. The van der Waals surface area contributed by atoms with Crippen LogP contribution in [0.15, 0.2) is 54.6 Å². The zero-order chi connectivity index (χ0) is 15.5. The van der Waals surface area contributed by atoms with Crippen LogP contribution in [0.25, 0.3) is 0 Å². The maximum atomic E-state index is 13.9. The molecule has 0 aliphatic carbocycles. The van der Waals surface area contributed by atoms with Crippen molar-refractivity contribution in [1.29, 1.82) is 0 Å². The second-order valence-corrected chi connectivity index (χ2v) is 6.59. The molecule has 0 bridgehead atoms. The molecule has 0 spiro atoms. The number of hydrogen-bond donors (Lipinski definition) is 0. The first-order valence-electron chi connectivity index (χ1n) is 5.95. The fourth-order valence-corrected chi connectivity index (χ4v) is 3.86. The predicted molar refractivity (Wildman–Crippen MR) is 71.7 cm³/mol. The lowest BCUT2D eigenvalue weighted by molar-refractivity contribution is -0.152. The number of rotatable bonds is 4. The summed E-state index contributed by atoms with van der Waals surface area (Å²) in [6, 6.07) is 12.3. The first kappa shape index (κ1) is 15.7. The summed E-state index contributed by atoms with van der Waals surface area (Å²) in [7, 11) is -4.15. The van der Waals surface area contributed by atoms with Gasteiger partial charge in [0.05, 0.1) is 5.30 Å². The highest BCUT2D eigenvalue weighted by molar-refractivity contribution is 7.74. The Balaban J connectivity index is 2.50. The zero-order valence-corrected chi connectivity index (χ0v) is 11.6. The van der Waals surface area contributed by atoms with Crippen molar-refractivity contribution >= 4 is 18.0 Å². The van der Waals surface area contributed by atoms with E-state index in [9.17, 15) is 22.1 Å². The molecule has 0 saturated carbocycles. The molecule has 2 rings (SSSR count). The van der Waals surface area contributed by atoms with E-state index in [0.717, 1.165) is 6.07 Å². The molecule has 0 N–H and O–H groups in total. The standard InChI is InChI=1S/C14H11F4O2P/c15-12-8-4-5-9-13(12)21(19,20-10-14(16,17)18)11-6-2-1-3-7-11/h1-9H,10H2. The minimum atomic E-state index is -4.66. The molecule has 7 heteroatoms. The van der Waals surface area contributed by atoms with Crippen LogP contribution >= 0.6 is 7.37 Å². The van der Waals surface area contributed by atoms with E-state index in [4.69, 9.17) is 0 Å². The SMILES string of the molecule is O=P(OCC(F)(F)F)(c1ccccc1)c1ccccc1F. The van der Waals surface area contributed by atoms with Gasteiger partial charge in [-0.15, -0.1) is 0 Å². The predicted octanol–water partition coefficient (Wildman–Crippen LogP) is 3.63. The third kappa shape index (κ3) is 3.71. The van der Waals surface area contributed by atoms with Crippen molar-refractivity contribution in [3.63, 3.8) is 0 Å². The van der Waals surface area contributed by atoms with Crippen LogP contribution in [0.2, 0.25) is 0 Å². The zero-order valence-electron chi connectivity index (χ0n) is 10.7. The van der Waals surface area contributed by atoms with Gasteiger partial charge in [0.25, 0.3) is 7.37 Å². The molecule has 0 amide bonds. The Morgan fingerprint density at radius 3 is 2.10 bits per heavy atom. The highest BCUT2D eigenvalue weighted by atomic mass is 31.2. The molecular weight excluding hydrogens is 307 g/mol. The van der Waals surface area contributed by atoms with Crippen LogP contribution in [0, 0.1) is 5.82 Å². The average Bonchev–Trinajstić information content (AvgIpc) is 2.45. The molecule has 0 radical (unpaired) electrons. The Morgan fingerprint density at radius 2 is 1.52 bits per heavy atom. The summed E-state index contributed by atoms with van der Waals surface area (Å²) >= 11 is 0. The van der Waals surface area contributed by atoms with Gasteiger partial charge in [-0.3, -0.25) is 4.57 Å². The van der Waals surface area contributed by atoms with Crippen LogP contribution in [-0.4, -0.2) is 12.8 Å². The quantitative estimate of drug-likeness (QED) is 0.635. The molecule has 1 atom stereocenters. The first-order valence-corrected chi connectivity index (χ1v) is 7.57. The maximum absolute atomic E-state index is 13.9. The molecule has 0 aliphatic heterocycles. The topological polar surface area (TPSA) is 26.3 Å². The lowest BCUT2D eigenvalue weighted by Crippen LogP contribution is -2.25. The van der Waals surface area contributed by atoms with Crippen molar-refractivity contribution in [2.45, 2.75) is 6.18 Å².